The van der Waals surface area contributed by atoms with Crippen LogP contribution in [-0.4, -0.2) is 21.1 Å². The maximum absolute atomic E-state index is 13.5. The first kappa shape index (κ1) is 19.7. The summed E-state index contributed by atoms with van der Waals surface area (Å²) in [6, 6.07) is 8.47. The van der Waals surface area contributed by atoms with Crippen LogP contribution in [0.25, 0.3) is 0 Å². The van der Waals surface area contributed by atoms with Crippen LogP contribution in [0.5, 0.6) is 5.75 Å². The zero-order valence-corrected chi connectivity index (χ0v) is 15.6. The van der Waals surface area contributed by atoms with Crippen LogP contribution in [0.4, 0.5) is 9.18 Å². The second-order valence-electron chi connectivity index (χ2n) is 5.73. The van der Waals surface area contributed by atoms with E-state index in [-0.39, 0.29) is 4.90 Å². The summed E-state index contributed by atoms with van der Waals surface area (Å²) < 4.78 is 45.4. The van der Waals surface area contributed by atoms with Gasteiger partial charge in [-0.3, -0.25) is 0 Å². The summed E-state index contributed by atoms with van der Waals surface area (Å²) in [4.78, 5) is 12.1. The van der Waals surface area contributed by atoms with Gasteiger partial charge in [-0.1, -0.05) is 17.7 Å². The van der Waals surface area contributed by atoms with Gasteiger partial charge in [0.25, 0.3) is 10.0 Å². The highest BCUT2D eigenvalue weighted by Crippen LogP contribution is 2.26. The Labute approximate surface area is 152 Å². The molecule has 1 unspecified atom stereocenters. The predicted molar refractivity (Wildman–Crippen MR) is 96.0 cm³/mol. The van der Waals surface area contributed by atoms with Crippen molar-refractivity contribution in [2.24, 2.45) is 0 Å². The van der Waals surface area contributed by atoms with Crippen LogP contribution in [0.3, 0.4) is 0 Å². The molecule has 0 saturated heterocycles. The van der Waals surface area contributed by atoms with Gasteiger partial charge in [0.2, 0.25) is 0 Å². The molecule has 1 atom stereocenters. The summed E-state index contributed by atoms with van der Waals surface area (Å²) in [6.07, 6.45) is 0. The topological polar surface area (TPSA) is 84.5 Å². The monoisotopic (exact) mass is 380 g/mol. The SMILES string of the molecule is CCOc1ccc(F)cc1C(C)NC(=O)NS(=O)(=O)c1ccc(C)cc1. The number of sulfonamides is 1. The Morgan fingerprint density at radius 3 is 2.46 bits per heavy atom. The van der Waals surface area contributed by atoms with E-state index < -0.39 is 27.9 Å². The molecule has 26 heavy (non-hydrogen) atoms. The number of carbonyl (C=O) groups is 1. The molecule has 0 aliphatic rings. The van der Waals surface area contributed by atoms with Crippen LogP contribution in [0, 0.1) is 12.7 Å². The van der Waals surface area contributed by atoms with E-state index >= 15 is 0 Å². The maximum Gasteiger partial charge on any atom is 0.329 e. The second-order valence-corrected chi connectivity index (χ2v) is 7.41. The fourth-order valence-electron chi connectivity index (χ4n) is 2.35. The van der Waals surface area contributed by atoms with Gasteiger partial charge in [0.15, 0.2) is 0 Å². The van der Waals surface area contributed by atoms with Crippen molar-refractivity contribution in [3.8, 4) is 5.75 Å². The molecule has 140 valence electrons. The van der Waals surface area contributed by atoms with Crippen molar-refractivity contribution in [2.75, 3.05) is 6.61 Å². The Bertz CT molecular complexity index is 883. The number of rotatable bonds is 6. The molecule has 0 aliphatic heterocycles. The van der Waals surface area contributed by atoms with Crippen molar-refractivity contribution < 1.29 is 22.3 Å². The molecule has 2 N–H and O–H groups in total. The summed E-state index contributed by atoms with van der Waals surface area (Å²) in [5, 5.41) is 2.48. The highest BCUT2D eigenvalue weighted by atomic mass is 32.2. The van der Waals surface area contributed by atoms with Crippen molar-refractivity contribution in [3.63, 3.8) is 0 Å². The number of hydrogen-bond acceptors (Lipinski definition) is 4. The molecular weight excluding hydrogens is 359 g/mol. The third-order valence-electron chi connectivity index (χ3n) is 3.64. The average Bonchev–Trinajstić information content (AvgIpc) is 2.56. The Balaban J connectivity index is 2.12. The number of nitrogens with one attached hydrogen (secondary N) is 2. The molecule has 2 aromatic carbocycles. The summed E-state index contributed by atoms with van der Waals surface area (Å²) in [5.41, 5.74) is 1.31. The lowest BCUT2D eigenvalue weighted by atomic mass is 10.1. The Hall–Kier alpha value is -2.61. The van der Waals surface area contributed by atoms with E-state index in [0.717, 1.165) is 5.56 Å². The third-order valence-corrected chi connectivity index (χ3v) is 4.99. The molecule has 0 aliphatic carbocycles. The number of carbonyl (C=O) groups excluding carboxylic acids is 1. The number of benzene rings is 2. The van der Waals surface area contributed by atoms with Crippen LogP contribution >= 0.6 is 0 Å². The van der Waals surface area contributed by atoms with Gasteiger partial charge >= 0.3 is 6.03 Å². The Morgan fingerprint density at radius 1 is 1.19 bits per heavy atom. The third kappa shape index (κ3) is 4.95. The minimum Gasteiger partial charge on any atom is -0.494 e. The zero-order valence-electron chi connectivity index (χ0n) is 14.7. The van der Waals surface area contributed by atoms with Crippen LogP contribution in [0.15, 0.2) is 47.4 Å². The normalized spacial score (nSPS) is 12.3. The second kappa shape index (κ2) is 8.18. The first-order valence-corrected chi connectivity index (χ1v) is 9.53. The Kier molecular flexibility index (Phi) is 6.20. The predicted octanol–water partition coefficient (Wildman–Crippen LogP) is 3.28. The van der Waals surface area contributed by atoms with E-state index in [9.17, 15) is 17.6 Å². The molecule has 0 bridgehead atoms. The molecule has 8 heteroatoms. The van der Waals surface area contributed by atoms with E-state index in [1.54, 1.807) is 26.0 Å². The number of ether oxygens (including phenoxy) is 1. The van der Waals surface area contributed by atoms with Gasteiger partial charge in [0, 0.05) is 5.56 Å². The van der Waals surface area contributed by atoms with Gasteiger partial charge in [-0.15, -0.1) is 0 Å². The fraction of sp³-hybridized carbons (Fsp3) is 0.278. The van der Waals surface area contributed by atoms with Crippen molar-refractivity contribution in [1.82, 2.24) is 10.0 Å². The number of halogens is 1. The summed E-state index contributed by atoms with van der Waals surface area (Å²) in [7, 11) is -4.00. The first-order chi connectivity index (χ1) is 12.2. The van der Waals surface area contributed by atoms with Crippen LogP contribution in [-0.2, 0) is 10.0 Å². The van der Waals surface area contributed by atoms with Crippen molar-refractivity contribution >= 4 is 16.1 Å². The first-order valence-electron chi connectivity index (χ1n) is 8.05. The largest absolute Gasteiger partial charge is 0.494 e. The van der Waals surface area contributed by atoms with Crippen molar-refractivity contribution in [2.45, 2.75) is 31.7 Å². The Morgan fingerprint density at radius 2 is 1.85 bits per heavy atom. The minimum atomic E-state index is -4.00. The lowest BCUT2D eigenvalue weighted by Gasteiger charge is -2.18. The molecule has 0 aromatic heterocycles. The number of amides is 2. The molecular formula is C18H21FN2O4S. The summed E-state index contributed by atoms with van der Waals surface area (Å²) in [6.45, 7) is 5.59. The van der Waals surface area contributed by atoms with Crippen LogP contribution in [0.1, 0.15) is 31.0 Å². The minimum absolute atomic E-state index is 0.0216. The van der Waals surface area contributed by atoms with Crippen LogP contribution < -0.4 is 14.8 Å². The summed E-state index contributed by atoms with van der Waals surface area (Å²) >= 11 is 0. The maximum atomic E-state index is 13.5. The van der Waals surface area contributed by atoms with Gasteiger partial charge in [-0.25, -0.2) is 22.3 Å². The summed E-state index contributed by atoms with van der Waals surface area (Å²) in [5.74, 6) is -0.0621. The lowest BCUT2D eigenvalue weighted by molar-refractivity contribution is 0.242. The van der Waals surface area contributed by atoms with Gasteiger partial charge in [0.05, 0.1) is 17.5 Å². The standard InChI is InChI=1S/C18H21FN2O4S/c1-4-25-17-10-7-14(19)11-16(17)13(3)20-18(22)21-26(23,24)15-8-5-12(2)6-9-15/h5-11,13H,4H2,1-3H3,(H2,20,21,22). The van der Waals surface area contributed by atoms with Gasteiger partial charge in [-0.2, -0.15) is 0 Å². The molecule has 0 fully saturated rings. The molecule has 6 nitrogen and oxygen atoms in total. The molecule has 2 aromatic rings. The average molecular weight is 380 g/mol. The number of urea groups is 1. The highest BCUT2D eigenvalue weighted by Gasteiger charge is 2.20. The lowest BCUT2D eigenvalue weighted by Crippen LogP contribution is -2.40. The number of hydrogen-bond donors (Lipinski definition) is 2. The smallest absolute Gasteiger partial charge is 0.329 e. The van der Waals surface area contributed by atoms with E-state index in [2.05, 4.69) is 5.32 Å². The fourth-order valence-corrected chi connectivity index (χ4v) is 3.26. The van der Waals surface area contributed by atoms with E-state index in [4.69, 9.17) is 4.74 Å². The van der Waals surface area contributed by atoms with Gasteiger partial charge < -0.3 is 10.1 Å². The number of aryl methyl sites for hydroxylation is 1. The van der Waals surface area contributed by atoms with E-state index in [0.29, 0.717) is 17.9 Å². The van der Waals surface area contributed by atoms with Crippen molar-refractivity contribution in [3.05, 3.63) is 59.4 Å². The van der Waals surface area contributed by atoms with Crippen molar-refractivity contribution in [1.29, 1.82) is 0 Å². The quantitative estimate of drug-likeness (QED) is 0.805. The molecule has 0 heterocycles. The molecule has 0 radical (unpaired) electrons. The van der Waals surface area contributed by atoms with E-state index in [1.165, 1.54) is 30.3 Å². The van der Waals surface area contributed by atoms with Crippen LogP contribution in [0.2, 0.25) is 0 Å². The molecule has 0 saturated carbocycles. The van der Waals surface area contributed by atoms with Gasteiger partial charge in [0.1, 0.15) is 11.6 Å². The molecule has 2 rings (SSSR count). The molecule has 2 amide bonds. The molecule has 0 spiro atoms. The highest BCUT2D eigenvalue weighted by molar-refractivity contribution is 7.90. The zero-order chi connectivity index (χ0) is 19.3. The van der Waals surface area contributed by atoms with E-state index in [1.807, 2.05) is 11.6 Å². The van der Waals surface area contributed by atoms with Gasteiger partial charge in [-0.05, 0) is 51.1 Å².